The SMILES string of the molecule is Cc1cc(N2CCN(C(=O)NC(C)C)CC2)ccc1Br. The summed E-state index contributed by atoms with van der Waals surface area (Å²) in [4.78, 5) is 16.2. The van der Waals surface area contributed by atoms with E-state index in [9.17, 15) is 4.79 Å². The smallest absolute Gasteiger partial charge is 0.317 e. The number of benzene rings is 1. The largest absolute Gasteiger partial charge is 0.368 e. The summed E-state index contributed by atoms with van der Waals surface area (Å²) in [6.45, 7) is 9.37. The molecule has 1 aromatic rings. The van der Waals surface area contributed by atoms with Crippen LogP contribution in [0.4, 0.5) is 10.5 Å². The van der Waals surface area contributed by atoms with Crippen LogP contribution in [0.2, 0.25) is 0 Å². The lowest BCUT2D eigenvalue weighted by Crippen LogP contribution is -2.52. The number of amides is 2. The third-order valence-electron chi connectivity index (χ3n) is 3.49. The fraction of sp³-hybridized carbons (Fsp3) is 0.533. The van der Waals surface area contributed by atoms with Crippen LogP contribution in [0.5, 0.6) is 0 Å². The quantitative estimate of drug-likeness (QED) is 0.898. The highest BCUT2D eigenvalue weighted by molar-refractivity contribution is 9.10. The molecule has 2 amide bonds. The Labute approximate surface area is 129 Å². The minimum atomic E-state index is 0.0478. The summed E-state index contributed by atoms with van der Waals surface area (Å²) >= 11 is 3.53. The molecule has 1 fully saturated rings. The lowest BCUT2D eigenvalue weighted by atomic mass is 10.2. The van der Waals surface area contributed by atoms with Gasteiger partial charge in [0.25, 0.3) is 0 Å². The second kappa shape index (κ2) is 6.48. The van der Waals surface area contributed by atoms with Crippen LogP contribution >= 0.6 is 15.9 Å². The van der Waals surface area contributed by atoms with Gasteiger partial charge in [0, 0.05) is 42.4 Å². The average Bonchev–Trinajstić information content (AvgIpc) is 2.41. The summed E-state index contributed by atoms with van der Waals surface area (Å²) < 4.78 is 1.14. The Kier molecular flexibility index (Phi) is 4.91. The summed E-state index contributed by atoms with van der Waals surface area (Å²) in [6, 6.07) is 6.64. The van der Waals surface area contributed by atoms with Crippen LogP contribution in [0.25, 0.3) is 0 Å². The Balaban J connectivity index is 1.94. The van der Waals surface area contributed by atoms with E-state index in [1.54, 1.807) is 0 Å². The normalized spacial score (nSPS) is 15.7. The zero-order chi connectivity index (χ0) is 14.7. The maximum atomic E-state index is 11.9. The van der Waals surface area contributed by atoms with Crippen LogP contribution in [-0.2, 0) is 0 Å². The number of hydrogen-bond acceptors (Lipinski definition) is 2. The van der Waals surface area contributed by atoms with E-state index in [1.165, 1.54) is 11.3 Å². The van der Waals surface area contributed by atoms with Crippen LogP contribution in [0, 0.1) is 6.92 Å². The Morgan fingerprint density at radius 2 is 1.90 bits per heavy atom. The molecule has 4 nitrogen and oxygen atoms in total. The minimum Gasteiger partial charge on any atom is -0.368 e. The summed E-state index contributed by atoms with van der Waals surface area (Å²) in [5.74, 6) is 0. The Hall–Kier alpha value is -1.23. The summed E-state index contributed by atoms with van der Waals surface area (Å²) in [5.41, 5.74) is 2.47. The molecule has 1 N–H and O–H groups in total. The van der Waals surface area contributed by atoms with Crippen molar-refractivity contribution in [2.24, 2.45) is 0 Å². The topological polar surface area (TPSA) is 35.6 Å². The number of hydrogen-bond donors (Lipinski definition) is 1. The lowest BCUT2D eigenvalue weighted by Gasteiger charge is -2.36. The molecule has 20 heavy (non-hydrogen) atoms. The van der Waals surface area contributed by atoms with E-state index < -0.39 is 0 Å². The van der Waals surface area contributed by atoms with Crippen LogP contribution < -0.4 is 10.2 Å². The lowest BCUT2D eigenvalue weighted by molar-refractivity contribution is 0.192. The van der Waals surface area contributed by atoms with E-state index >= 15 is 0 Å². The molecule has 1 aliphatic rings. The van der Waals surface area contributed by atoms with Crippen molar-refractivity contribution in [3.8, 4) is 0 Å². The molecule has 0 atom stereocenters. The molecule has 1 aliphatic heterocycles. The van der Waals surface area contributed by atoms with E-state index in [-0.39, 0.29) is 12.1 Å². The van der Waals surface area contributed by atoms with Gasteiger partial charge in [-0.15, -0.1) is 0 Å². The van der Waals surface area contributed by atoms with E-state index in [2.05, 4.69) is 51.3 Å². The van der Waals surface area contributed by atoms with E-state index in [1.807, 2.05) is 18.7 Å². The number of halogens is 1. The minimum absolute atomic E-state index is 0.0478. The fourth-order valence-corrected chi connectivity index (χ4v) is 2.58. The molecule has 1 heterocycles. The van der Waals surface area contributed by atoms with E-state index in [0.29, 0.717) is 0 Å². The van der Waals surface area contributed by atoms with Crippen molar-refractivity contribution in [1.82, 2.24) is 10.2 Å². The van der Waals surface area contributed by atoms with Gasteiger partial charge in [-0.3, -0.25) is 0 Å². The molecule has 0 aliphatic carbocycles. The molecule has 1 aromatic carbocycles. The molecule has 0 saturated carbocycles. The van der Waals surface area contributed by atoms with Crippen molar-refractivity contribution < 1.29 is 4.79 Å². The van der Waals surface area contributed by atoms with E-state index in [4.69, 9.17) is 0 Å². The van der Waals surface area contributed by atoms with Gasteiger partial charge in [-0.25, -0.2) is 4.79 Å². The number of carbonyl (C=O) groups is 1. The molecule has 0 aromatic heterocycles. The maximum absolute atomic E-state index is 11.9. The van der Waals surface area contributed by atoms with Crippen LogP contribution in [0.1, 0.15) is 19.4 Å². The van der Waals surface area contributed by atoms with Gasteiger partial charge in [0.2, 0.25) is 0 Å². The van der Waals surface area contributed by atoms with Gasteiger partial charge in [-0.1, -0.05) is 15.9 Å². The predicted octanol–water partition coefficient (Wildman–Crippen LogP) is 3.00. The summed E-state index contributed by atoms with van der Waals surface area (Å²) in [5, 5.41) is 2.95. The zero-order valence-corrected chi connectivity index (χ0v) is 13.9. The number of nitrogens with one attached hydrogen (secondary N) is 1. The molecule has 0 spiro atoms. The number of anilines is 1. The van der Waals surface area contributed by atoms with Gasteiger partial charge in [0.1, 0.15) is 0 Å². The molecule has 0 unspecified atom stereocenters. The van der Waals surface area contributed by atoms with Crippen LogP contribution in [0.3, 0.4) is 0 Å². The third kappa shape index (κ3) is 3.66. The van der Waals surface area contributed by atoms with Gasteiger partial charge < -0.3 is 15.1 Å². The molecule has 2 rings (SSSR count). The molecular weight excluding hydrogens is 318 g/mol. The second-order valence-electron chi connectivity index (χ2n) is 5.51. The average molecular weight is 340 g/mol. The van der Waals surface area contributed by atoms with Gasteiger partial charge in [0.05, 0.1) is 0 Å². The standard InChI is InChI=1S/C15H22BrN3O/c1-11(2)17-15(20)19-8-6-18(7-9-19)13-4-5-14(16)12(3)10-13/h4-5,10-11H,6-9H2,1-3H3,(H,17,20). The molecule has 0 bridgehead atoms. The van der Waals surface area contributed by atoms with Gasteiger partial charge in [-0.05, 0) is 44.5 Å². The molecule has 0 radical (unpaired) electrons. The van der Waals surface area contributed by atoms with Gasteiger partial charge in [-0.2, -0.15) is 0 Å². The van der Waals surface area contributed by atoms with Gasteiger partial charge in [0.15, 0.2) is 0 Å². The first kappa shape index (κ1) is 15.2. The molecule has 1 saturated heterocycles. The van der Waals surface area contributed by atoms with Crippen LogP contribution in [0.15, 0.2) is 22.7 Å². The number of carbonyl (C=O) groups excluding carboxylic acids is 1. The Bertz CT molecular complexity index is 482. The molecule has 110 valence electrons. The van der Waals surface area contributed by atoms with Crippen molar-refractivity contribution >= 4 is 27.6 Å². The van der Waals surface area contributed by atoms with Crippen molar-refractivity contribution in [2.45, 2.75) is 26.8 Å². The highest BCUT2D eigenvalue weighted by atomic mass is 79.9. The third-order valence-corrected chi connectivity index (χ3v) is 4.38. The fourth-order valence-electron chi connectivity index (χ4n) is 2.33. The Morgan fingerprint density at radius 1 is 1.25 bits per heavy atom. The number of urea groups is 1. The second-order valence-corrected chi connectivity index (χ2v) is 6.37. The van der Waals surface area contributed by atoms with Gasteiger partial charge >= 0.3 is 6.03 Å². The highest BCUT2D eigenvalue weighted by Crippen LogP contribution is 2.23. The first-order chi connectivity index (χ1) is 9.47. The Morgan fingerprint density at radius 3 is 2.45 bits per heavy atom. The number of piperazine rings is 1. The van der Waals surface area contributed by atoms with Crippen molar-refractivity contribution in [1.29, 1.82) is 0 Å². The first-order valence-corrected chi connectivity index (χ1v) is 7.83. The zero-order valence-electron chi connectivity index (χ0n) is 12.3. The van der Waals surface area contributed by atoms with Crippen molar-refractivity contribution in [3.05, 3.63) is 28.2 Å². The number of nitrogens with zero attached hydrogens (tertiary/aromatic N) is 2. The first-order valence-electron chi connectivity index (χ1n) is 7.04. The van der Waals surface area contributed by atoms with Crippen molar-refractivity contribution in [2.75, 3.05) is 31.1 Å². The number of rotatable bonds is 2. The highest BCUT2D eigenvalue weighted by Gasteiger charge is 2.21. The number of aryl methyl sites for hydroxylation is 1. The van der Waals surface area contributed by atoms with Crippen molar-refractivity contribution in [3.63, 3.8) is 0 Å². The van der Waals surface area contributed by atoms with Crippen LogP contribution in [-0.4, -0.2) is 43.2 Å². The van der Waals surface area contributed by atoms with E-state index in [0.717, 1.165) is 30.7 Å². The summed E-state index contributed by atoms with van der Waals surface area (Å²) in [6.07, 6.45) is 0. The maximum Gasteiger partial charge on any atom is 0.317 e. The monoisotopic (exact) mass is 339 g/mol. The predicted molar refractivity (Wildman–Crippen MR) is 86.3 cm³/mol. The summed E-state index contributed by atoms with van der Waals surface area (Å²) in [7, 11) is 0. The molecule has 5 heteroatoms. The molecular formula is C15H22BrN3O.